The van der Waals surface area contributed by atoms with E-state index in [2.05, 4.69) is 10.1 Å². The molecule has 2 aromatic heterocycles. The highest BCUT2D eigenvalue weighted by atomic mass is 35.5. The van der Waals surface area contributed by atoms with Crippen molar-refractivity contribution < 1.29 is 22.7 Å². The lowest BCUT2D eigenvalue weighted by Gasteiger charge is -2.38. The van der Waals surface area contributed by atoms with Crippen LogP contribution in [0.2, 0.25) is 5.02 Å². The van der Waals surface area contributed by atoms with E-state index in [1.165, 1.54) is 24.4 Å². The van der Waals surface area contributed by atoms with Crippen LogP contribution in [0, 0.1) is 5.82 Å². The first-order valence-electron chi connectivity index (χ1n) is 11.7. The number of carbonyl (C=O) groups excluding carboxylic acids is 1. The standard InChI is InChI=1S/C24H23ClF3N5O2/c25-13-8-29-23-19-10-31(11-20(19)30-33(23)9-13)24(34)18-4-1-14(26)5-21(18)35-17-6-15-2-3-16(7-17)32(15)12-22(27)28/h1,4-5,8-9,15-17,22H,2-3,6-7,10-12H2/t15-,16+,17?. The fraction of sp³-hybridized carbons (Fsp3) is 0.458. The number of benzene rings is 1. The van der Waals surface area contributed by atoms with E-state index in [1.807, 2.05) is 4.90 Å². The lowest BCUT2D eigenvalue weighted by atomic mass is 9.99. The van der Waals surface area contributed by atoms with Crippen LogP contribution in [0.15, 0.2) is 30.6 Å². The predicted molar refractivity (Wildman–Crippen MR) is 121 cm³/mol. The smallest absolute Gasteiger partial charge is 0.258 e. The number of ether oxygens (including phenoxy) is 1. The van der Waals surface area contributed by atoms with Gasteiger partial charge in [-0.25, -0.2) is 22.7 Å². The molecular weight excluding hydrogens is 483 g/mol. The molecule has 1 unspecified atom stereocenters. The maximum Gasteiger partial charge on any atom is 0.258 e. The summed E-state index contributed by atoms with van der Waals surface area (Å²) >= 11 is 5.99. The molecule has 0 saturated carbocycles. The summed E-state index contributed by atoms with van der Waals surface area (Å²) in [6.45, 7) is 0.382. The molecule has 0 aliphatic carbocycles. The highest BCUT2D eigenvalue weighted by Gasteiger charge is 2.42. The SMILES string of the molecule is O=C(c1ccc(F)cc1OC1C[C@H]2CC[C@@H](C1)N2CC(F)F)N1Cc2nn3cc(Cl)cnc3c2C1. The molecule has 184 valence electrons. The van der Waals surface area contributed by atoms with Crippen molar-refractivity contribution in [2.75, 3.05) is 6.54 Å². The molecule has 2 fully saturated rings. The zero-order chi connectivity index (χ0) is 24.3. The number of aromatic nitrogens is 3. The molecule has 11 heteroatoms. The molecule has 6 rings (SSSR count). The van der Waals surface area contributed by atoms with E-state index in [0.717, 1.165) is 24.1 Å². The Labute approximate surface area is 204 Å². The van der Waals surface area contributed by atoms with Crippen molar-refractivity contribution in [3.63, 3.8) is 0 Å². The Hall–Kier alpha value is -2.85. The Kier molecular flexibility index (Phi) is 5.60. The summed E-state index contributed by atoms with van der Waals surface area (Å²) < 4.78 is 47.9. The Morgan fingerprint density at radius 1 is 1.20 bits per heavy atom. The third kappa shape index (κ3) is 4.12. The van der Waals surface area contributed by atoms with Gasteiger partial charge in [-0.2, -0.15) is 5.10 Å². The van der Waals surface area contributed by atoms with Crippen LogP contribution in [0.25, 0.3) is 5.65 Å². The zero-order valence-corrected chi connectivity index (χ0v) is 19.5. The number of nitrogens with zero attached hydrogens (tertiary/aromatic N) is 5. The van der Waals surface area contributed by atoms with Gasteiger partial charge < -0.3 is 9.64 Å². The van der Waals surface area contributed by atoms with Crippen LogP contribution in [0.3, 0.4) is 0 Å². The van der Waals surface area contributed by atoms with Gasteiger partial charge >= 0.3 is 0 Å². The van der Waals surface area contributed by atoms with Gasteiger partial charge in [-0.1, -0.05) is 11.6 Å². The molecule has 35 heavy (non-hydrogen) atoms. The molecule has 1 amide bonds. The third-order valence-electron chi connectivity index (χ3n) is 7.25. The van der Waals surface area contributed by atoms with Crippen molar-refractivity contribution >= 4 is 23.2 Å². The molecule has 3 aromatic rings. The normalized spacial score (nSPS) is 23.9. The molecule has 3 aliphatic heterocycles. The number of hydrogen-bond donors (Lipinski definition) is 0. The maximum absolute atomic E-state index is 14.2. The number of carbonyl (C=O) groups is 1. The van der Waals surface area contributed by atoms with Crippen LogP contribution in [-0.4, -0.2) is 61.5 Å². The zero-order valence-electron chi connectivity index (χ0n) is 18.7. The average molecular weight is 506 g/mol. The van der Waals surface area contributed by atoms with Gasteiger partial charge in [-0.05, 0) is 37.8 Å². The molecule has 0 spiro atoms. The van der Waals surface area contributed by atoms with E-state index < -0.39 is 12.2 Å². The van der Waals surface area contributed by atoms with Gasteiger partial charge in [-0.15, -0.1) is 0 Å². The van der Waals surface area contributed by atoms with Gasteiger partial charge in [0, 0.05) is 29.9 Å². The van der Waals surface area contributed by atoms with Gasteiger partial charge in [0.1, 0.15) is 17.7 Å². The summed E-state index contributed by atoms with van der Waals surface area (Å²) in [5, 5.41) is 4.95. The molecule has 0 N–H and O–H groups in total. The highest BCUT2D eigenvalue weighted by molar-refractivity contribution is 6.30. The molecule has 2 saturated heterocycles. The first-order chi connectivity index (χ1) is 16.9. The summed E-state index contributed by atoms with van der Waals surface area (Å²) in [4.78, 5) is 21.3. The number of halogens is 4. The molecule has 0 radical (unpaired) electrons. The average Bonchev–Trinajstić information content (AvgIpc) is 3.42. The number of piperidine rings is 1. The summed E-state index contributed by atoms with van der Waals surface area (Å²) in [6, 6.07) is 3.95. The van der Waals surface area contributed by atoms with Crippen molar-refractivity contribution in [2.45, 2.75) is 63.4 Å². The van der Waals surface area contributed by atoms with E-state index in [0.29, 0.717) is 36.6 Å². The molecule has 3 atom stereocenters. The second-order valence-corrected chi connectivity index (χ2v) is 9.89. The number of fused-ring (bicyclic) bond motifs is 5. The van der Waals surface area contributed by atoms with Gasteiger partial charge in [0.2, 0.25) is 0 Å². The van der Waals surface area contributed by atoms with Crippen LogP contribution < -0.4 is 4.74 Å². The summed E-state index contributed by atoms with van der Waals surface area (Å²) in [5.74, 6) is -0.605. The van der Waals surface area contributed by atoms with Crippen molar-refractivity contribution in [1.29, 1.82) is 0 Å². The Balaban J connectivity index is 1.20. The topological polar surface area (TPSA) is 63.0 Å². The predicted octanol–water partition coefficient (Wildman–Crippen LogP) is 4.32. The fourth-order valence-electron chi connectivity index (χ4n) is 5.76. The monoisotopic (exact) mass is 505 g/mol. The van der Waals surface area contributed by atoms with Gasteiger partial charge in [0.05, 0.1) is 42.1 Å². The first kappa shape index (κ1) is 22.6. The summed E-state index contributed by atoms with van der Waals surface area (Å²) in [7, 11) is 0. The second-order valence-electron chi connectivity index (χ2n) is 9.45. The van der Waals surface area contributed by atoms with E-state index >= 15 is 0 Å². The molecule has 7 nitrogen and oxygen atoms in total. The lowest BCUT2D eigenvalue weighted by Crippen LogP contribution is -2.48. The third-order valence-corrected chi connectivity index (χ3v) is 7.45. The number of alkyl halides is 2. The van der Waals surface area contributed by atoms with Crippen LogP contribution in [0.1, 0.15) is 47.3 Å². The Bertz CT molecular complexity index is 1290. The van der Waals surface area contributed by atoms with Crippen LogP contribution >= 0.6 is 11.6 Å². The van der Waals surface area contributed by atoms with E-state index in [-0.39, 0.29) is 42.0 Å². The van der Waals surface area contributed by atoms with E-state index in [1.54, 1.807) is 15.6 Å². The minimum atomic E-state index is -2.37. The van der Waals surface area contributed by atoms with Crippen molar-refractivity contribution in [3.8, 4) is 5.75 Å². The molecule has 1 aromatic carbocycles. The molecular formula is C24H23ClF3N5O2. The lowest BCUT2D eigenvalue weighted by molar-refractivity contribution is 0.00713. The van der Waals surface area contributed by atoms with Crippen LogP contribution in [-0.2, 0) is 13.1 Å². The summed E-state index contributed by atoms with van der Waals surface area (Å²) in [6.07, 6.45) is 3.42. The molecule has 5 heterocycles. The molecule has 3 aliphatic rings. The van der Waals surface area contributed by atoms with E-state index in [9.17, 15) is 18.0 Å². The minimum Gasteiger partial charge on any atom is -0.489 e. The summed E-state index contributed by atoms with van der Waals surface area (Å²) in [5.41, 5.74) is 2.50. The van der Waals surface area contributed by atoms with Gasteiger partial charge in [0.25, 0.3) is 12.3 Å². The fourth-order valence-corrected chi connectivity index (χ4v) is 5.90. The minimum absolute atomic E-state index is 0.0198. The van der Waals surface area contributed by atoms with Gasteiger partial charge in [-0.3, -0.25) is 9.69 Å². The Morgan fingerprint density at radius 3 is 2.71 bits per heavy atom. The van der Waals surface area contributed by atoms with Crippen molar-refractivity contribution in [1.82, 2.24) is 24.4 Å². The van der Waals surface area contributed by atoms with Crippen LogP contribution in [0.4, 0.5) is 13.2 Å². The quantitative estimate of drug-likeness (QED) is 0.517. The number of hydrogen-bond acceptors (Lipinski definition) is 5. The van der Waals surface area contributed by atoms with Gasteiger partial charge in [0.15, 0.2) is 5.65 Å². The second kappa shape index (κ2) is 8.67. The van der Waals surface area contributed by atoms with E-state index in [4.69, 9.17) is 16.3 Å². The highest BCUT2D eigenvalue weighted by Crippen LogP contribution is 2.38. The van der Waals surface area contributed by atoms with Crippen LogP contribution in [0.5, 0.6) is 5.75 Å². The number of rotatable bonds is 5. The maximum atomic E-state index is 14.2. The largest absolute Gasteiger partial charge is 0.489 e. The van der Waals surface area contributed by atoms with Crippen molar-refractivity contribution in [2.24, 2.45) is 0 Å². The Morgan fingerprint density at radius 2 is 1.97 bits per heavy atom. The molecule has 2 bridgehead atoms. The first-order valence-corrected chi connectivity index (χ1v) is 12.0. The van der Waals surface area contributed by atoms with Crippen molar-refractivity contribution in [3.05, 3.63) is 58.3 Å². The number of amides is 1.